The van der Waals surface area contributed by atoms with Crippen LogP contribution in [0, 0.1) is 20.8 Å². The topological polar surface area (TPSA) is 37.1 Å². The molecule has 0 bridgehead atoms. The molecule has 1 unspecified atom stereocenters. The van der Waals surface area contributed by atoms with Gasteiger partial charge in [0, 0.05) is 0 Å². The first kappa shape index (κ1) is 17.9. The molecule has 1 saturated heterocycles. The normalized spacial score (nSPS) is 22.6. The second kappa shape index (κ2) is 6.43. The Labute approximate surface area is 151 Å². The fourth-order valence-corrected chi connectivity index (χ4v) is 6.12. The van der Waals surface area contributed by atoms with E-state index in [1.807, 2.05) is 70.2 Å². The molecular formula is C21H25NO2S. The summed E-state index contributed by atoms with van der Waals surface area (Å²) < 4.78 is 28.3. The molecule has 4 heteroatoms. The minimum absolute atomic E-state index is 0.0509. The summed E-state index contributed by atoms with van der Waals surface area (Å²) in [5, 5.41) is 0. The average Bonchev–Trinajstić information content (AvgIpc) is 3.22. The van der Waals surface area contributed by atoms with Gasteiger partial charge in [-0.1, -0.05) is 60.2 Å². The van der Waals surface area contributed by atoms with E-state index in [4.69, 9.17) is 0 Å². The van der Waals surface area contributed by atoms with Crippen LogP contribution in [0.2, 0.25) is 0 Å². The van der Waals surface area contributed by atoms with E-state index in [9.17, 15) is 8.42 Å². The number of sulfonamides is 1. The van der Waals surface area contributed by atoms with Gasteiger partial charge in [-0.15, -0.1) is 0 Å². The van der Waals surface area contributed by atoms with Crippen LogP contribution >= 0.6 is 0 Å². The maximum atomic E-state index is 13.3. The summed E-state index contributed by atoms with van der Waals surface area (Å²) in [4.78, 5) is 0.444. The molecular weight excluding hydrogens is 330 g/mol. The maximum absolute atomic E-state index is 13.3. The zero-order valence-corrected chi connectivity index (χ0v) is 16.1. The third kappa shape index (κ3) is 3.29. The molecule has 2 aromatic rings. The van der Waals surface area contributed by atoms with Gasteiger partial charge in [0.05, 0.1) is 17.0 Å². The summed E-state index contributed by atoms with van der Waals surface area (Å²) in [5.74, 6) is 0. The number of benzene rings is 2. The molecule has 3 atom stereocenters. The van der Waals surface area contributed by atoms with E-state index < -0.39 is 10.0 Å². The lowest BCUT2D eigenvalue weighted by Crippen LogP contribution is -2.19. The summed E-state index contributed by atoms with van der Waals surface area (Å²) in [6.07, 6.45) is 0.710. The van der Waals surface area contributed by atoms with E-state index in [0.717, 1.165) is 27.8 Å². The smallest absolute Gasteiger partial charge is 0.207 e. The van der Waals surface area contributed by atoms with Crippen molar-refractivity contribution in [2.45, 2.75) is 51.1 Å². The van der Waals surface area contributed by atoms with Crippen LogP contribution < -0.4 is 0 Å². The highest BCUT2D eigenvalue weighted by molar-refractivity contribution is 7.89. The fourth-order valence-electron chi connectivity index (χ4n) is 3.87. The molecule has 0 aromatic heterocycles. The lowest BCUT2D eigenvalue weighted by molar-refractivity contribution is 0.546. The number of rotatable bonds is 5. The quantitative estimate of drug-likeness (QED) is 0.596. The van der Waals surface area contributed by atoms with Crippen molar-refractivity contribution in [2.75, 3.05) is 0 Å². The third-order valence-electron chi connectivity index (χ3n) is 4.81. The molecule has 2 aromatic carbocycles. The summed E-state index contributed by atoms with van der Waals surface area (Å²) in [5.41, 5.74) is 4.74. The summed E-state index contributed by atoms with van der Waals surface area (Å²) in [6.45, 7) is 11.7. The fraction of sp³-hybridized carbons (Fsp3) is 0.333. The van der Waals surface area contributed by atoms with E-state index in [1.54, 1.807) is 4.31 Å². The molecule has 1 fully saturated rings. The van der Waals surface area contributed by atoms with Crippen molar-refractivity contribution in [1.29, 1.82) is 0 Å². The lowest BCUT2D eigenvalue weighted by Gasteiger charge is -2.14. The van der Waals surface area contributed by atoms with Gasteiger partial charge in [-0.2, -0.15) is 4.31 Å². The van der Waals surface area contributed by atoms with Crippen molar-refractivity contribution in [3.63, 3.8) is 0 Å². The van der Waals surface area contributed by atoms with E-state index in [-0.39, 0.29) is 12.1 Å². The molecule has 25 heavy (non-hydrogen) atoms. The minimum Gasteiger partial charge on any atom is -0.207 e. The van der Waals surface area contributed by atoms with Gasteiger partial charge in [0.2, 0.25) is 10.0 Å². The van der Waals surface area contributed by atoms with E-state index in [0.29, 0.717) is 11.3 Å². The Kier molecular flexibility index (Phi) is 4.60. The standard InChI is InChI=1S/C21H25NO2S/c1-14(2)20-19(13-18-9-7-6-8-10-18)22(20)25(23,24)21-16(4)11-15(3)12-17(21)5/h6-12,19-20H,1,13H2,2-5H3/t19-,20-,22?/m0/s1. The van der Waals surface area contributed by atoms with E-state index in [1.165, 1.54) is 0 Å². The van der Waals surface area contributed by atoms with Gasteiger partial charge < -0.3 is 0 Å². The van der Waals surface area contributed by atoms with Gasteiger partial charge >= 0.3 is 0 Å². The highest BCUT2D eigenvalue weighted by Gasteiger charge is 2.55. The van der Waals surface area contributed by atoms with Crippen LogP contribution in [-0.4, -0.2) is 24.8 Å². The largest absolute Gasteiger partial charge is 0.244 e. The number of hydrogen-bond donors (Lipinski definition) is 0. The van der Waals surface area contributed by atoms with Gasteiger partial charge in [0.1, 0.15) is 0 Å². The summed E-state index contributed by atoms with van der Waals surface area (Å²) in [6, 6.07) is 13.7. The zero-order chi connectivity index (χ0) is 18.4. The van der Waals surface area contributed by atoms with E-state index in [2.05, 4.69) is 6.58 Å². The van der Waals surface area contributed by atoms with Crippen molar-refractivity contribution >= 4 is 10.0 Å². The number of nitrogens with zero attached hydrogens (tertiary/aromatic N) is 1. The minimum atomic E-state index is -3.53. The van der Waals surface area contributed by atoms with Crippen LogP contribution in [-0.2, 0) is 16.4 Å². The maximum Gasteiger partial charge on any atom is 0.244 e. The van der Waals surface area contributed by atoms with Crippen molar-refractivity contribution in [1.82, 2.24) is 4.31 Å². The summed E-state index contributed by atoms with van der Waals surface area (Å²) in [7, 11) is -3.53. The Hall–Kier alpha value is -1.91. The molecule has 1 aliphatic heterocycles. The predicted octanol–water partition coefficient (Wildman–Crippen LogP) is 4.17. The Bertz CT molecular complexity index is 893. The zero-order valence-electron chi connectivity index (χ0n) is 15.3. The molecule has 3 nitrogen and oxygen atoms in total. The Balaban J connectivity index is 1.98. The second-order valence-corrected chi connectivity index (χ2v) is 8.89. The van der Waals surface area contributed by atoms with E-state index >= 15 is 0 Å². The van der Waals surface area contributed by atoms with Gasteiger partial charge in [-0.05, 0) is 50.8 Å². The van der Waals surface area contributed by atoms with Crippen molar-refractivity contribution < 1.29 is 8.42 Å². The Morgan fingerprint density at radius 1 is 1.08 bits per heavy atom. The van der Waals surface area contributed by atoms with Crippen molar-refractivity contribution in [3.05, 3.63) is 76.9 Å². The Morgan fingerprint density at radius 3 is 2.16 bits per heavy atom. The molecule has 3 rings (SSSR count). The Morgan fingerprint density at radius 2 is 1.64 bits per heavy atom. The predicted molar refractivity (Wildman–Crippen MR) is 102 cm³/mol. The lowest BCUT2D eigenvalue weighted by atomic mass is 10.1. The number of aryl methyl sites for hydroxylation is 3. The van der Waals surface area contributed by atoms with Crippen LogP contribution in [0.15, 0.2) is 59.5 Å². The molecule has 132 valence electrons. The van der Waals surface area contributed by atoms with Gasteiger partial charge in [-0.3, -0.25) is 0 Å². The molecule has 0 N–H and O–H groups in total. The highest BCUT2D eigenvalue weighted by Crippen LogP contribution is 2.42. The third-order valence-corrected chi connectivity index (χ3v) is 7.02. The van der Waals surface area contributed by atoms with Gasteiger partial charge in [-0.25, -0.2) is 8.42 Å². The van der Waals surface area contributed by atoms with Gasteiger partial charge in [0.25, 0.3) is 0 Å². The molecule has 0 aliphatic carbocycles. The first-order valence-electron chi connectivity index (χ1n) is 8.54. The molecule has 1 aliphatic rings. The van der Waals surface area contributed by atoms with Gasteiger partial charge in [0.15, 0.2) is 0 Å². The van der Waals surface area contributed by atoms with Crippen molar-refractivity contribution in [3.8, 4) is 0 Å². The van der Waals surface area contributed by atoms with Crippen LogP contribution in [0.1, 0.15) is 29.2 Å². The summed E-state index contributed by atoms with van der Waals surface area (Å²) >= 11 is 0. The molecule has 0 saturated carbocycles. The van der Waals surface area contributed by atoms with Crippen molar-refractivity contribution in [2.24, 2.45) is 0 Å². The highest BCUT2D eigenvalue weighted by atomic mass is 32.2. The molecule has 1 heterocycles. The molecule has 0 spiro atoms. The number of hydrogen-bond acceptors (Lipinski definition) is 2. The first-order chi connectivity index (χ1) is 11.7. The monoisotopic (exact) mass is 355 g/mol. The molecule has 0 radical (unpaired) electrons. The second-order valence-electron chi connectivity index (χ2n) is 7.11. The molecule has 0 amide bonds. The van der Waals surface area contributed by atoms with Crippen LogP contribution in [0.5, 0.6) is 0 Å². The van der Waals surface area contributed by atoms with Crippen LogP contribution in [0.25, 0.3) is 0 Å². The first-order valence-corrected chi connectivity index (χ1v) is 9.98. The average molecular weight is 356 g/mol. The SMILES string of the molecule is C=C(C)[C@H]1[C@H](Cc2ccccc2)N1S(=O)(=O)c1c(C)cc(C)cc1C. The van der Waals surface area contributed by atoms with Crippen LogP contribution in [0.3, 0.4) is 0 Å². The van der Waals surface area contributed by atoms with Crippen LogP contribution in [0.4, 0.5) is 0 Å².